The first-order valence-corrected chi connectivity index (χ1v) is 10.4. The number of pyridine rings is 1. The molecule has 0 radical (unpaired) electrons. The minimum absolute atomic E-state index is 0.273. The number of nitrogens with one attached hydrogen (secondary N) is 1. The summed E-state index contributed by atoms with van der Waals surface area (Å²) in [6.07, 6.45) is 3.57. The summed E-state index contributed by atoms with van der Waals surface area (Å²) in [5.41, 5.74) is 2.79. The Morgan fingerprint density at radius 2 is 1.77 bits per heavy atom. The summed E-state index contributed by atoms with van der Waals surface area (Å²) in [6, 6.07) is 11.9. The van der Waals surface area contributed by atoms with Crippen LogP contribution in [0.2, 0.25) is 0 Å². The van der Waals surface area contributed by atoms with Gasteiger partial charge in [0, 0.05) is 48.8 Å². The van der Waals surface area contributed by atoms with Crippen molar-refractivity contribution in [1.82, 2.24) is 14.3 Å². The third-order valence-corrected chi connectivity index (χ3v) is 7.13. The summed E-state index contributed by atoms with van der Waals surface area (Å²) >= 11 is 0. The van der Waals surface area contributed by atoms with Crippen LogP contribution in [0.25, 0.3) is 22.2 Å². The van der Waals surface area contributed by atoms with Crippen molar-refractivity contribution in [3.63, 3.8) is 0 Å². The van der Waals surface area contributed by atoms with Crippen LogP contribution < -0.4 is 4.90 Å². The molecular formula is C19H20N4O2S. The Morgan fingerprint density at radius 3 is 2.42 bits per heavy atom. The molecule has 0 atom stereocenters. The second-order valence-corrected chi connectivity index (χ2v) is 8.85. The predicted molar refractivity (Wildman–Crippen MR) is 102 cm³/mol. The van der Waals surface area contributed by atoms with Gasteiger partial charge in [-0.1, -0.05) is 18.2 Å². The van der Waals surface area contributed by atoms with Crippen LogP contribution in [0, 0.1) is 0 Å². The number of sulfonamides is 1. The molecule has 26 heavy (non-hydrogen) atoms. The minimum Gasteiger partial charge on any atom is -0.356 e. The zero-order valence-corrected chi connectivity index (χ0v) is 15.2. The van der Waals surface area contributed by atoms with Crippen molar-refractivity contribution >= 4 is 26.7 Å². The number of hydrogen-bond acceptors (Lipinski definition) is 4. The lowest BCUT2D eigenvalue weighted by Crippen LogP contribution is -2.42. The molecule has 7 heteroatoms. The highest BCUT2D eigenvalue weighted by Crippen LogP contribution is 2.35. The number of aromatic nitrogens is 2. The molecule has 2 saturated heterocycles. The largest absolute Gasteiger partial charge is 0.356 e. The molecule has 0 unspecified atom stereocenters. The van der Waals surface area contributed by atoms with Crippen molar-refractivity contribution < 1.29 is 8.42 Å². The zero-order chi connectivity index (χ0) is 17.7. The molecule has 134 valence electrons. The van der Waals surface area contributed by atoms with E-state index in [0.29, 0.717) is 13.1 Å². The number of anilines is 1. The van der Waals surface area contributed by atoms with E-state index >= 15 is 0 Å². The Labute approximate surface area is 152 Å². The SMILES string of the molecule is O=S(=O)(c1cnc(N2CCC2)c(-c2cc3ccccc3[nH]2)c1)N1CCC1. The third-order valence-electron chi connectivity index (χ3n) is 5.27. The highest BCUT2D eigenvalue weighted by molar-refractivity contribution is 7.89. The number of aromatic amines is 1. The van der Waals surface area contributed by atoms with Crippen LogP contribution in [-0.4, -0.2) is 48.9 Å². The predicted octanol–water partition coefficient (Wildman–Crippen LogP) is 2.83. The molecule has 0 bridgehead atoms. The van der Waals surface area contributed by atoms with Crippen molar-refractivity contribution in [3.8, 4) is 11.3 Å². The number of H-pyrrole nitrogens is 1. The number of para-hydroxylation sites is 1. The first-order chi connectivity index (χ1) is 12.6. The van der Waals surface area contributed by atoms with Gasteiger partial charge in [0.05, 0.1) is 5.69 Å². The Bertz CT molecular complexity index is 1050. The van der Waals surface area contributed by atoms with Gasteiger partial charge in [-0.05, 0) is 31.0 Å². The van der Waals surface area contributed by atoms with E-state index in [1.54, 1.807) is 6.07 Å². The molecule has 3 aromatic rings. The summed E-state index contributed by atoms with van der Waals surface area (Å²) in [5.74, 6) is 0.852. The molecule has 6 nitrogen and oxygen atoms in total. The van der Waals surface area contributed by atoms with Crippen LogP contribution in [0.3, 0.4) is 0 Å². The minimum atomic E-state index is -3.46. The van der Waals surface area contributed by atoms with E-state index in [2.05, 4.69) is 20.9 Å². The van der Waals surface area contributed by atoms with Crippen LogP contribution in [0.4, 0.5) is 5.82 Å². The van der Waals surface area contributed by atoms with Gasteiger partial charge >= 0.3 is 0 Å². The van der Waals surface area contributed by atoms with E-state index in [4.69, 9.17) is 0 Å². The fraction of sp³-hybridized carbons (Fsp3) is 0.316. The van der Waals surface area contributed by atoms with Crippen molar-refractivity contribution in [3.05, 3.63) is 42.6 Å². The first kappa shape index (κ1) is 15.8. The molecule has 2 aliphatic heterocycles. The molecule has 0 saturated carbocycles. The van der Waals surface area contributed by atoms with Gasteiger partial charge in [-0.2, -0.15) is 4.31 Å². The van der Waals surface area contributed by atoms with Gasteiger partial charge < -0.3 is 9.88 Å². The van der Waals surface area contributed by atoms with E-state index in [-0.39, 0.29) is 4.90 Å². The second kappa shape index (κ2) is 5.82. The van der Waals surface area contributed by atoms with E-state index < -0.39 is 10.0 Å². The van der Waals surface area contributed by atoms with Gasteiger partial charge in [0.15, 0.2) is 0 Å². The fourth-order valence-corrected chi connectivity index (χ4v) is 4.94. The average Bonchev–Trinajstić information content (AvgIpc) is 2.95. The summed E-state index contributed by atoms with van der Waals surface area (Å²) in [6.45, 7) is 3.10. The highest BCUT2D eigenvalue weighted by Gasteiger charge is 2.31. The van der Waals surface area contributed by atoms with E-state index in [1.807, 2.05) is 24.3 Å². The fourth-order valence-electron chi connectivity index (χ4n) is 3.45. The lowest BCUT2D eigenvalue weighted by atomic mass is 10.1. The number of nitrogens with zero attached hydrogens (tertiary/aromatic N) is 3. The molecule has 2 fully saturated rings. The molecule has 0 amide bonds. The average molecular weight is 368 g/mol. The summed E-state index contributed by atoms with van der Waals surface area (Å²) in [5, 5.41) is 1.10. The number of benzene rings is 1. The van der Waals surface area contributed by atoms with E-state index in [9.17, 15) is 8.42 Å². The van der Waals surface area contributed by atoms with Crippen molar-refractivity contribution in [1.29, 1.82) is 0 Å². The van der Waals surface area contributed by atoms with Crippen LogP contribution in [0.15, 0.2) is 47.5 Å². The quantitative estimate of drug-likeness (QED) is 0.769. The Kier molecular flexibility index (Phi) is 3.55. The molecule has 0 spiro atoms. The number of rotatable bonds is 4. The van der Waals surface area contributed by atoms with Gasteiger partial charge in [-0.3, -0.25) is 0 Å². The molecule has 1 N–H and O–H groups in total. The summed E-state index contributed by atoms with van der Waals surface area (Å²) in [7, 11) is -3.46. The Morgan fingerprint density at radius 1 is 1.00 bits per heavy atom. The molecule has 4 heterocycles. The van der Waals surface area contributed by atoms with Gasteiger partial charge in [0.2, 0.25) is 10.0 Å². The van der Waals surface area contributed by atoms with Crippen molar-refractivity contribution in [2.24, 2.45) is 0 Å². The van der Waals surface area contributed by atoms with Crippen molar-refractivity contribution in [2.75, 3.05) is 31.1 Å². The van der Waals surface area contributed by atoms with Crippen LogP contribution in [0.5, 0.6) is 0 Å². The van der Waals surface area contributed by atoms with Gasteiger partial charge in [0.25, 0.3) is 0 Å². The summed E-state index contributed by atoms with van der Waals surface area (Å²) < 4.78 is 27.1. The summed E-state index contributed by atoms with van der Waals surface area (Å²) in [4.78, 5) is 10.4. The molecular weight excluding hydrogens is 348 g/mol. The maximum atomic E-state index is 12.8. The van der Waals surface area contributed by atoms with Crippen LogP contribution in [0.1, 0.15) is 12.8 Å². The molecule has 2 aromatic heterocycles. The molecule has 1 aromatic carbocycles. The van der Waals surface area contributed by atoms with Gasteiger partial charge in [0.1, 0.15) is 10.7 Å². The second-order valence-electron chi connectivity index (χ2n) is 6.91. The number of hydrogen-bond donors (Lipinski definition) is 1. The van der Waals surface area contributed by atoms with E-state index in [0.717, 1.165) is 53.9 Å². The molecule has 5 rings (SSSR count). The Balaban J connectivity index is 1.66. The molecule has 0 aliphatic carbocycles. The lowest BCUT2D eigenvalue weighted by Gasteiger charge is -2.34. The third kappa shape index (κ3) is 2.42. The number of fused-ring (bicyclic) bond motifs is 1. The van der Waals surface area contributed by atoms with Crippen LogP contribution >= 0.6 is 0 Å². The first-order valence-electron chi connectivity index (χ1n) is 8.96. The van der Waals surface area contributed by atoms with Gasteiger partial charge in [-0.15, -0.1) is 0 Å². The normalized spacial score (nSPS) is 17.9. The topological polar surface area (TPSA) is 69.3 Å². The van der Waals surface area contributed by atoms with Crippen molar-refractivity contribution in [2.45, 2.75) is 17.7 Å². The Hall–Kier alpha value is -2.38. The zero-order valence-electron chi connectivity index (χ0n) is 14.4. The van der Waals surface area contributed by atoms with Gasteiger partial charge in [-0.25, -0.2) is 13.4 Å². The van der Waals surface area contributed by atoms with E-state index in [1.165, 1.54) is 10.5 Å². The maximum Gasteiger partial charge on any atom is 0.244 e. The lowest BCUT2D eigenvalue weighted by molar-refractivity contribution is 0.309. The monoisotopic (exact) mass is 368 g/mol. The highest BCUT2D eigenvalue weighted by atomic mass is 32.2. The standard InChI is InChI=1S/C19H20N4O2S/c24-26(25,23-9-4-10-23)15-12-16(19(20-13-15)22-7-3-8-22)18-11-14-5-1-2-6-17(14)21-18/h1-2,5-6,11-13,21H,3-4,7-10H2. The van der Waals surface area contributed by atoms with Crippen LogP contribution in [-0.2, 0) is 10.0 Å². The molecule has 2 aliphatic rings. The maximum absolute atomic E-state index is 12.8. The smallest absolute Gasteiger partial charge is 0.244 e.